The zero-order valence-corrected chi connectivity index (χ0v) is 20.0. The van der Waals surface area contributed by atoms with Crippen molar-refractivity contribution in [2.24, 2.45) is 0 Å². The predicted octanol–water partition coefficient (Wildman–Crippen LogP) is 6.76. The molecule has 1 heterocycles. The first-order valence-corrected chi connectivity index (χ1v) is 12.6. The number of rotatable bonds is 8. The van der Waals surface area contributed by atoms with Gasteiger partial charge in [-0.2, -0.15) is 0 Å². The van der Waals surface area contributed by atoms with Crippen molar-refractivity contribution in [3.8, 4) is 0 Å². The minimum Gasteiger partial charge on any atom is -0.322 e. The molecule has 0 aromatic heterocycles. The highest BCUT2D eigenvalue weighted by Gasteiger charge is 2.34. The fraction of sp³-hybridized carbons (Fsp3) is 0.286. The lowest BCUT2D eigenvalue weighted by molar-refractivity contribution is -0.115. The third-order valence-electron chi connectivity index (χ3n) is 5.96. The number of amides is 2. The third kappa shape index (κ3) is 5.48. The lowest BCUT2D eigenvalue weighted by Crippen LogP contribution is -2.28. The van der Waals surface area contributed by atoms with Crippen LogP contribution in [0.1, 0.15) is 58.6 Å². The Kier molecular flexibility index (Phi) is 7.50. The van der Waals surface area contributed by atoms with Gasteiger partial charge < -0.3 is 5.32 Å². The Morgan fingerprint density at radius 2 is 1.82 bits per heavy atom. The van der Waals surface area contributed by atoms with Crippen LogP contribution in [0.5, 0.6) is 0 Å². The van der Waals surface area contributed by atoms with E-state index in [1.165, 1.54) is 24.8 Å². The Labute approximate surface area is 200 Å². The number of hydrogen-bond acceptors (Lipinski definition) is 3. The van der Waals surface area contributed by atoms with Crippen LogP contribution in [0.15, 0.2) is 72.8 Å². The van der Waals surface area contributed by atoms with E-state index >= 15 is 0 Å². The Balaban J connectivity index is 1.48. The molecule has 1 N–H and O–H groups in total. The van der Waals surface area contributed by atoms with Gasteiger partial charge in [0.15, 0.2) is 0 Å². The van der Waals surface area contributed by atoms with E-state index in [4.69, 9.17) is 0 Å². The lowest BCUT2D eigenvalue weighted by Gasteiger charge is -2.26. The first kappa shape index (κ1) is 23.1. The van der Waals surface area contributed by atoms with E-state index in [0.717, 1.165) is 28.9 Å². The molecule has 1 atom stereocenters. The van der Waals surface area contributed by atoms with Crippen LogP contribution in [0.25, 0.3) is 0 Å². The van der Waals surface area contributed by atoms with Gasteiger partial charge in [0, 0.05) is 16.9 Å². The molecule has 1 fully saturated rings. The fourth-order valence-corrected chi connectivity index (χ4v) is 5.30. The number of para-hydroxylation sites is 1. The first-order chi connectivity index (χ1) is 16.1. The van der Waals surface area contributed by atoms with Crippen molar-refractivity contribution in [3.63, 3.8) is 0 Å². The smallest absolute Gasteiger partial charge is 0.255 e. The van der Waals surface area contributed by atoms with E-state index in [1.807, 2.05) is 84.6 Å². The molecule has 1 unspecified atom stereocenters. The van der Waals surface area contributed by atoms with Crippen LogP contribution in [0, 0.1) is 6.92 Å². The van der Waals surface area contributed by atoms with Crippen LogP contribution < -0.4 is 10.2 Å². The molecule has 0 bridgehead atoms. The summed E-state index contributed by atoms with van der Waals surface area (Å²) in [5, 5.41) is 2.91. The van der Waals surface area contributed by atoms with E-state index < -0.39 is 0 Å². The summed E-state index contributed by atoms with van der Waals surface area (Å²) in [5.41, 5.74) is 5.65. The van der Waals surface area contributed by atoms with Crippen molar-refractivity contribution in [2.75, 3.05) is 16.0 Å². The van der Waals surface area contributed by atoms with Gasteiger partial charge in [0.25, 0.3) is 5.91 Å². The molecule has 1 saturated heterocycles. The van der Waals surface area contributed by atoms with Crippen LogP contribution in [-0.2, 0) is 11.2 Å². The normalized spacial score (nSPS) is 15.6. The van der Waals surface area contributed by atoms with Crippen molar-refractivity contribution >= 4 is 35.0 Å². The number of thioether (sulfide) groups is 1. The predicted molar refractivity (Wildman–Crippen MR) is 138 cm³/mol. The van der Waals surface area contributed by atoms with Gasteiger partial charge >= 0.3 is 0 Å². The van der Waals surface area contributed by atoms with E-state index in [-0.39, 0.29) is 17.2 Å². The number of aryl methyl sites for hydroxylation is 2. The molecule has 0 radical (unpaired) electrons. The van der Waals surface area contributed by atoms with Gasteiger partial charge in [-0.3, -0.25) is 14.5 Å². The molecule has 4 nitrogen and oxygen atoms in total. The zero-order valence-electron chi connectivity index (χ0n) is 19.2. The molecule has 1 aliphatic rings. The number of unbranched alkanes of at least 4 members (excludes halogenated alkanes) is 2. The number of hydrogen-bond donors (Lipinski definition) is 1. The summed E-state index contributed by atoms with van der Waals surface area (Å²) in [6, 6.07) is 23.6. The maximum Gasteiger partial charge on any atom is 0.255 e. The fourth-order valence-electron chi connectivity index (χ4n) is 4.14. The van der Waals surface area contributed by atoms with Gasteiger partial charge in [-0.1, -0.05) is 62.2 Å². The summed E-state index contributed by atoms with van der Waals surface area (Å²) >= 11 is 1.61. The molecule has 1 aliphatic heterocycles. The molecule has 3 aromatic carbocycles. The van der Waals surface area contributed by atoms with Gasteiger partial charge in [0.1, 0.15) is 5.37 Å². The average molecular weight is 459 g/mol. The number of anilines is 2. The highest BCUT2D eigenvalue weighted by Crippen LogP contribution is 2.43. The highest BCUT2D eigenvalue weighted by molar-refractivity contribution is 8.00. The minimum absolute atomic E-state index is 0.104. The summed E-state index contributed by atoms with van der Waals surface area (Å²) in [4.78, 5) is 27.4. The van der Waals surface area contributed by atoms with Crippen molar-refractivity contribution in [1.29, 1.82) is 0 Å². The second kappa shape index (κ2) is 10.7. The van der Waals surface area contributed by atoms with Crippen LogP contribution in [0.2, 0.25) is 0 Å². The Morgan fingerprint density at radius 3 is 2.58 bits per heavy atom. The van der Waals surface area contributed by atoms with Crippen molar-refractivity contribution in [3.05, 3.63) is 95.1 Å². The second-order valence-electron chi connectivity index (χ2n) is 8.45. The summed E-state index contributed by atoms with van der Waals surface area (Å²) in [6.07, 6.45) is 4.66. The number of benzene rings is 3. The van der Waals surface area contributed by atoms with Crippen LogP contribution in [0.4, 0.5) is 11.4 Å². The largest absolute Gasteiger partial charge is 0.322 e. The first-order valence-electron chi connectivity index (χ1n) is 11.6. The van der Waals surface area contributed by atoms with Gasteiger partial charge in [-0.15, -0.1) is 11.8 Å². The summed E-state index contributed by atoms with van der Waals surface area (Å²) in [6.45, 7) is 4.22. The van der Waals surface area contributed by atoms with Gasteiger partial charge in [0.05, 0.1) is 5.75 Å². The number of nitrogens with one attached hydrogen (secondary N) is 1. The Hall–Kier alpha value is -3.05. The average Bonchev–Trinajstić information content (AvgIpc) is 3.21. The molecule has 0 spiro atoms. The lowest BCUT2D eigenvalue weighted by atomic mass is 10.0. The molecule has 0 saturated carbocycles. The van der Waals surface area contributed by atoms with Gasteiger partial charge in [-0.25, -0.2) is 0 Å². The van der Waals surface area contributed by atoms with E-state index in [2.05, 4.69) is 12.2 Å². The second-order valence-corrected chi connectivity index (χ2v) is 9.52. The quantitative estimate of drug-likeness (QED) is 0.380. The number of nitrogens with zero attached hydrogens (tertiary/aromatic N) is 1. The number of carbonyl (C=O) groups excluding carboxylic acids is 2. The Bertz CT molecular complexity index is 1130. The maximum absolute atomic E-state index is 12.8. The number of carbonyl (C=O) groups is 2. The van der Waals surface area contributed by atoms with E-state index in [0.29, 0.717) is 11.3 Å². The van der Waals surface area contributed by atoms with Crippen LogP contribution in [0.3, 0.4) is 0 Å². The minimum atomic E-state index is -0.127. The van der Waals surface area contributed by atoms with E-state index in [9.17, 15) is 9.59 Å². The van der Waals surface area contributed by atoms with Crippen molar-refractivity contribution < 1.29 is 9.59 Å². The zero-order chi connectivity index (χ0) is 23.2. The molecule has 4 rings (SSSR count). The molecule has 5 heteroatoms. The van der Waals surface area contributed by atoms with Crippen molar-refractivity contribution in [2.45, 2.75) is 44.9 Å². The monoisotopic (exact) mass is 458 g/mol. The standard InChI is InChI=1S/C28H30N2O2S/c1-3-4-5-10-21-14-16-22(17-15-21)27(32)29-24-12-8-11-23(18-24)28-30(26(31)19-33-28)25-13-7-6-9-20(25)2/h6-9,11-18,28H,3-5,10,19H2,1-2H3,(H,29,32). The Morgan fingerprint density at radius 1 is 1.03 bits per heavy atom. The van der Waals surface area contributed by atoms with Gasteiger partial charge in [0.2, 0.25) is 5.91 Å². The molecule has 170 valence electrons. The maximum atomic E-state index is 12.8. The SMILES string of the molecule is CCCCCc1ccc(C(=O)Nc2cccc(C3SCC(=O)N3c3ccccc3C)c2)cc1. The molecule has 0 aliphatic carbocycles. The molecule has 33 heavy (non-hydrogen) atoms. The van der Waals surface area contributed by atoms with Crippen LogP contribution >= 0.6 is 11.8 Å². The summed E-state index contributed by atoms with van der Waals surface area (Å²) < 4.78 is 0. The molecule has 2 amide bonds. The highest BCUT2D eigenvalue weighted by atomic mass is 32.2. The summed E-state index contributed by atoms with van der Waals surface area (Å²) in [7, 11) is 0. The molecular formula is C28H30N2O2S. The molecule has 3 aromatic rings. The van der Waals surface area contributed by atoms with Crippen molar-refractivity contribution in [1.82, 2.24) is 0 Å². The van der Waals surface area contributed by atoms with E-state index in [1.54, 1.807) is 11.8 Å². The summed E-state index contributed by atoms with van der Waals surface area (Å²) in [5.74, 6) is 0.422. The third-order valence-corrected chi connectivity index (χ3v) is 7.17. The topological polar surface area (TPSA) is 49.4 Å². The van der Waals surface area contributed by atoms with Gasteiger partial charge in [-0.05, 0) is 66.8 Å². The molecular weight excluding hydrogens is 428 g/mol. The van der Waals surface area contributed by atoms with Crippen LogP contribution in [-0.4, -0.2) is 17.6 Å².